The standard InChI is InChI=1S/C22H21N7S/c1-15-12-18(16(2)29(15)27-13-24-25-14-27)21-20(19-10-6-7-11-23-19)26-22(30)28(21)17-8-4-3-5-9-17/h3-14,20-21H,1-2H3,(H,26,30). The molecule has 1 aliphatic heterocycles. The predicted molar refractivity (Wildman–Crippen MR) is 119 cm³/mol. The van der Waals surface area contributed by atoms with Crippen LogP contribution in [0.5, 0.6) is 0 Å². The lowest BCUT2D eigenvalue weighted by Gasteiger charge is -2.28. The van der Waals surface area contributed by atoms with Gasteiger partial charge in [0.25, 0.3) is 0 Å². The quantitative estimate of drug-likeness (QED) is 0.514. The molecule has 30 heavy (non-hydrogen) atoms. The molecule has 0 bridgehead atoms. The van der Waals surface area contributed by atoms with Gasteiger partial charge in [0.05, 0.1) is 17.8 Å². The van der Waals surface area contributed by atoms with E-state index in [4.69, 9.17) is 12.2 Å². The van der Waals surface area contributed by atoms with Gasteiger partial charge in [0.1, 0.15) is 12.7 Å². The van der Waals surface area contributed by atoms with E-state index in [1.165, 1.54) is 5.56 Å². The Hall–Kier alpha value is -3.52. The SMILES string of the molecule is Cc1cc(C2C(c3ccccn3)NC(=S)N2c2ccccc2)c(C)n1-n1cnnc1. The summed E-state index contributed by atoms with van der Waals surface area (Å²) in [5.74, 6) is 0. The van der Waals surface area contributed by atoms with Crippen molar-refractivity contribution >= 4 is 23.0 Å². The molecule has 1 aliphatic rings. The van der Waals surface area contributed by atoms with Gasteiger partial charge in [0, 0.05) is 28.8 Å². The smallest absolute Gasteiger partial charge is 0.174 e. The second-order valence-corrected chi connectivity index (χ2v) is 7.70. The summed E-state index contributed by atoms with van der Waals surface area (Å²) in [4.78, 5) is 6.81. The Balaban J connectivity index is 1.69. The topological polar surface area (TPSA) is 63.8 Å². The molecular weight excluding hydrogens is 394 g/mol. The third kappa shape index (κ3) is 2.96. The predicted octanol–water partition coefficient (Wildman–Crippen LogP) is 3.58. The molecule has 1 fully saturated rings. The van der Waals surface area contributed by atoms with Crippen molar-refractivity contribution in [3.63, 3.8) is 0 Å². The van der Waals surface area contributed by atoms with E-state index in [0.29, 0.717) is 5.11 Å². The first-order chi connectivity index (χ1) is 14.6. The van der Waals surface area contributed by atoms with Crippen LogP contribution in [-0.2, 0) is 0 Å². The molecule has 0 saturated carbocycles. The molecule has 4 aromatic rings. The number of hydrogen-bond acceptors (Lipinski definition) is 4. The van der Waals surface area contributed by atoms with E-state index < -0.39 is 0 Å². The fraction of sp³-hybridized carbons (Fsp3) is 0.182. The first-order valence-corrected chi connectivity index (χ1v) is 10.2. The highest BCUT2D eigenvalue weighted by Crippen LogP contribution is 2.43. The molecule has 0 aliphatic carbocycles. The third-order valence-electron chi connectivity index (χ3n) is 5.52. The van der Waals surface area contributed by atoms with E-state index in [1.54, 1.807) is 12.7 Å². The number of aryl methyl sites for hydroxylation is 1. The fourth-order valence-corrected chi connectivity index (χ4v) is 4.61. The Bertz CT molecular complexity index is 1170. The molecule has 2 atom stereocenters. The largest absolute Gasteiger partial charge is 0.351 e. The lowest BCUT2D eigenvalue weighted by Crippen LogP contribution is -2.29. The lowest BCUT2D eigenvalue weighted by atomic mass is 9.96. The van der Waals surface area contributed by atoms with E-state index in [2.05, 4.69) is 62.1 Å². The second-order valence-electron chi connectivity index (χ2n) is 7.31. The third-order valence-corrected chi connectivity index (χ3v) is 5.84. The highest BCUT2D eigenvalue weighted by Gasteiger charge is 2.42. The molecular formula is C22H21N7S. The van der Waals surface area contributed by atoms with Crippen LogP contribution in [0.2, 0.25) is 0 Å². The van der Waals surface area contributed by atoms with Gasteiger partial charge in [-0.15, -0.1) is 10.2 Å². The zero-order valence-electron chi connectivity index (χ0n) is 16.7. The van der Waals surface area contributed by atoms with Crippen LogP contribution in [0.1, 0.15) is 34.7 Å². The summed E-state index contributed by atoms with van der Waals surface area (Å²) >= 11 is 5.79. The molecule has 1 saturated heterocycles. The molecule has 0 amide bonds. The maximum absolute atomic E-state index is 5.79. The van der Waals surface area contributed by atoms with Crippen LogP contribution in [0.3, 0.4) is 0 Å². The Kier molecular flexibility index (Phi) is 4.55. The first kappa shape index (κ1) is 18.5. The summed E-state index contributed by atoms with van der Waals surface area (Å²) in [7, 11) is 0. The molecule has 1 N–H and O–H groups in total. The van der Waals surface area contributed by atoms with Crippen LogP contribution in [0, 0.1) is 13.8 Å². The summed E-state index contributed by atoms with van der Waals surface area (Å²) in [6, 6.07) is 18.3. The number of nitrogens with zero attached hydrogens (tertiary/aromatic N) is 6. The number of benzene rings is 1. The van der Waals surface area contributed by atoms with Crippen LogP contribution < -0.4 is 10.2 Å². The summed E-state index contributed by atoms with van der Waals surface area (Å²) in [6.07, 6.45) is 5.22. The molecule has 1 aromatic carbocycles. The molecule has 7 nitrogen and oxygen atoms in total. The average molecular weight is 416 g/mol. The number of pyridine rings is 1. The Morgan fingerprint density at radius 1 is 0.967 bits per heavy atom. The van der Waals surface area contributed by atoms with Gasteiger partial charge in [-0.1, -0.05) is 24.3 Å². The minimum Gasteiger partial charge on any atom is -0.351 e. The molecule has 4 heterocycles. The maximum Gasteiger partial charge on any atom is 0.174 e. The van der Waals surface area contributed by atoms with Crippen molar-refractivity contribution in [3.8, 4) is 0 Å². The lowest BCUT2D eigenvalue weighted by molar-refractivity contribution is 0.557. The van der Waals surface area contributed by atoms with Gasteiger partial charge >= 0.3 is 0 Å². The monoisotopic (exact) mass is 415 g/mol. The maximum atomic E-state index is 5.79. The van der Waals surface area contributed by atoms with Crippen molar-refractivity contribution in [2.45, 2.75) is 25.9 Å². The van der Waals surface area contributed by atoms with E-state index in [0.717, 1.165) is 22.8 Å². The van der Waals surface area contributed by atoms with Crippen LogP contribution in [0.15, 0.2) is 73.4 Å². The number of nitrogens with one attached hydrogen (secondary N) is 1. The molecule has 0 spiro atoms. The summed E-state index contributed by atoms with van der Waals surface area (Å²) in [5.41, 5.74) is 5.37. The van der Waals surface area contributed by atoms with E-state index in [1.807, 2.05) is 47.3 Å². The van der Waals surface area contributed by atoms with Gasteiger partial charge in [-0.05, 0) is 56.4 Å². The van der Waals surface area contributed by atoms with E-state index >= 15 is 0 Å². The Morgan fingerprint density at radius 3 is 2.40 bits per heavy atom. The van der Waals surface area contributed by atoms with Gasteiger partial charge in [0.15, 0.2) is 5.11 Å². The molecule has 5 rings (SSSR count). The van der Waals surface area contributed by atoms with Gasteiger partial charge in [-0.25, -0.2) is 4.68 Å². The Labute approximate surface area is 180 Å². The summed E-state index contributed by atoms with van der Waals surface area (Å²) in [6.45, 7) is 4.20. The number of hydrogen-bond donors (Lipinski definition) is 1. The van der Waals surface area contributed by atoms with Crippen molar-refractivity contribution in [1.29, 1.82) is 0 Å². The Morgan fingerprint density at radius 2 is 1.70 bits per heavy atom. The summed E-state index contributed by atoms with van der Waals surface area (Å²) in [5, 5.41) is 12.1. The highest BCUT2D eigenvalue weighted by atomic mass is 32.1. The van der Waals surface area contributed by atoms with Crippen LogP contribution in [-0.4, -0.2) is 29.6 Å². The van der Waals surface area contributed by atoms with E-state index in [-0.39, 0.29) is 12.1 Å². The normalized spacial score (nSPS) is 18.6. The highest BCUT2D eigenvalue weighted by molar-refractivity contribution is 7.80. The van der Waals surface area contributed by atoms with Crippen LogP contribution in [0.4, 0.5) is 5.69 Å². The number of thiocarbonyl (C=S) groups is 1. The first-order valence-electron chi connectivity index (χ1n) is 9.75. The number of anilines is 1. The minimum absolute atomic E-state index is 0.0498. The van der Waals surface area contributed by atoms with Gasteiger partial charge in [0.2, 0.25) is 0 Å². The number of aromatic nitrogens is 5. The molecule has 150 valence electrons. The van der Waals surface area contributed by atoms with E-state index in [9.17, 15) is 0 Å². The van der Waals surface area contributed by atoms with Gasteiger partial charge < -0.3 is 10.2 Å². The van der Waals surface area contributed by atoms with Crippen molar-refractivity contribution in [2.75, 3.05) is 4.90 Å². The summed E-state index contributed by atoms with van der Waals surface area (Å²) < 4.78 is 3.99. The molecule has 0 radical (unpaired) electrons. The number of rotatable bonds is 4. The second kappa shape index (κ2) is 7.38. The van der Waals surface area contributed by atoms with Crippen molar-refractivity contribution in [2.24, 2.45) is 0 Å². The zero-order chi connectivity index (χ0) is 20.7. The van der Waals surface area contributed by atoms with Crippen molar-refractivity contribution < 1.29 is 0 Å². The van der Waals surface area contributed by atoms with Crippen molar-refractivity contribution in [1.82, 2.24) is 29.9 Å². The van der Waals surface area contributed by atoms with Crippen LogP contribution in [0.25, 0.3) is 0 Å². The molecule has 3 aromatic heterocycles. The fourth-order valence-electron chi connectivity index (χ4n) is 4.27. The molecule has 8 heteroatoms. The van der Waals surface area contributed by atoms with Crippen molar-refractivity contribution in [3.05, 3.63) is 96.1 Å². The van der Waals surface area contributed by atoms with Crippen LogP contribution >= 0.6 is 12.2 Å². The molecule has 2 unspecified atom stereocenters. The number of para-hydroxylation sites is 1. The van der Waals surface area contributed by atoms with Gasteiger partial charge in [-0.3, -0.25) is 9.66 Å². The minimum atomic E-state index is -0.0752. The average Bonchev–Trinajstić information content (AvgIpc) is 3.47. The zero-order valence-corrected chi connectivity index (χ0v) is 17.5. The van der Waals surface area contributed by atoms with Gasteiger partial charge in [-0.2, -0.15) is 0 Å².